The lowest BCUT2D eigenvalue weighted by Crippen LogP contribution is -2.44. The second-order valence-electron chi connectivity index (χ2n) is 9.22. The molecule has 0 aliphatic carbocycles. The van der Waals surface area contributed by atoms with Gasteiger partial charge in [0.25, 0.3) is 0 Å². The number of amidine groups is 1. The van der Waals surface area contributed by atoms with Gasteiger partial charge in [-0.25, -0.2) is 4.79 Å². The molecule has 0 amide bonds. The van der Waals surface area contributed by atoms with E-state index >= 15 is 0 Å². The van der Waals surface area contributed by atoms with Crippen LogP contribution in [0.5, 0.6) is 0 Å². The van der Waals surface area contributed by atoms with Crippen LogP contribution < -0.4 is 22.2 Å². The van der Waals surface area contributed by atoms with E-state index in [1.54, 1.807) is 24.9 Å². The first-order valence-corrected chi connectivity index (χ1v) is 12.3. The smallest absolute Gasteiger partial charge is 0.331 e. The first kappa shape index (κ1) is 25.6. The second kappa shape index (κ2) is 11.5. The van der Waals surface area contributed by atoms with Gasteiger partial charge in [-0.3, -0.25) is 24.1 Å². The highest BCUT2D eigenvalue weighted by atomic mass is 16.1. The molecule has 4 aromatic rings. The van der Waals surface area contributed by atoms with Crippen LogP contribution >= 0.6 is 0 Å². The van der Waals surface area contributed by atoms with Gasteiger partial charge in [-0.1, -0.05) is 62.4 Å². The summed E-state index contributed by atoms with van der Waals surface area (Å²) < 4.78 is 3.12. The van der Waals surface area contributed by atoms with Gasteiger partial charge >= 0.3 is 5.69 Å². The van der Waals surface area contributed by atoms with Crippen LogP contribution in [0.1, 0.15) is 25.0 Å². The van der Waals surface area contributed by atoms with Gasteiger partial charge in [0, 0.05) is 38.1 Å². The van der Waals surface area contributed by atoms with Crippen LogP contribution in [0.3, 0.4) is 0 Å². The van der Waals surface area contributed by atoms with E-state index in [-0.39, 0.29) is 11.6 Å². The van der Waals surface area contributed by atoms with Gasteiger partial charge in [-0.15, -0.1) is 0 Å². The Kier molecular flexibility index (Phi) is 7.98. The number of nitrogen functional groups attached to an aromatic ring is 1. The highest BCUT2D eigenvalue weighted by Gasteiger charge is 2.19. The maximum atomic E-state index is 13.1. The number of nitrogens with one attached hydrogen (secondary N) is 1. The average molecular weight is 496 g/mol. The third kappa shape index (κ3) is 5.86. The van der Waals surface area contributed by atoms with Crippen molar-refractivity contribution < 1.29 is 0 Å². The van der Waals surface area contributed by atoms with Crippen molar-refractivity contribution in [3.63, 3.8) is 0 Å². The molecule has 3 N–H and O–H groups in total. The predicted molar refractivity (Wildman–Crippen MR) is 150 cm³/mol. The molecule has 0 spiro atoms. The van der Waals surface area contributed by atoms with Crippen LogP contribution in [0.15, 0.2) is 93.8 Å². The highest BCUT2D eigenvalue weighted by molar-refractivity contribution is 6.10. The fraction of sp³-hybridized carbons (Fsp3) is 0.241. The molecule has 2 aromatic heterocycles. The number of aliphatic imine (C=N–C) groups is 1. The highest BCUT2D eigenvalue weighted by Crippen LogP contribution is 2.18. The Hall–Kier alpha value is -4.46. The molecule has 8 nitrogen and oxygen atoms in total. The van der Waals surface area contributed by atoms with E-state index in [1.165, 1.54) is 4.57 Å². The molecular formula is C29H33N7O. The van der Waals surface area contributed by atoms with E-state index in [2.05, 4.69) is 29.1 Å². The predicted octanol–water partition coefficient (Wildman–Crippen LogP) is 4.08. The topological polar surface area (TPSA) is 103 Å². The van der Waals surface area contributed by atoms with Crippen LogP contribution in [0, 0.1) is 5.92 Å². The van der Waals surface area contributed by atoms with Crippen molar-refractivity contribution in [2.75, 3.05) is 18.1 Å². The molecule has 0 atom stereocenters. The summed E-state index contributed by atoms with van der Waals surface area (Å²) in [4.78, 5) is 26.9. The van der Waals surface area contributed by atoms with Crippen molar-refractivity contribution in [1.82, 2.24) is 14.1 Å². The van der Waals surface area contributed by atoms with Gasteiger partial charge < -0.3 is 11.1 Å². The molecule has 0 saturated carbocycles. The summed E-state index contributed by atoms with van der Waals surface area (Å²) in [6, 6.07) is 23.8. The first-order valence-electron chi connectivity index (χ1n) is 12.3. The summed E-state index contributed by atoms with van der Waals surface area (Å²) in [7, 11) is 3.36. The van der Waals surface area contributed by atoms with Crippen LogP contribution in [0.4, 0.5) is 11.5 Å². The number of rotatable bonds is 7. The monoisotopic (exact) mass is 495 g/mol. The second-order valence-corrected chi connectivity index (χ2v) is 9.22. The van der Waals surface area contributed by atoms with Crippen LogP contribution in [0.25, 0.3) is 11.3 Å². The van der Waals surface area contributed by atoms with Gasteiger partial charge in [0.05, 0.1) is 17.8 Å². The molecule has 0 aliphatic heterocycles. The molecule has 0 radical (unpaired) electrons. The molecule has 2 heterocycles. The molecule has 2 aromatic carbocycles. The SMILES string of the molecule is CN=c1c(C(=NCc2ccc(-c3ccccn3)cc2)Nc2ccccc2)c(N)n(CC(C)C)c(=O)n1C. The van der Waals surface area contributed by atoms with Gasteiger partial charge in [-0.05, 0) is 35.7 Å². The number of aromatic nitrogens is 3. The minimum absolute atomic E-state index is 0.209. The van der Waals surface area contributed by atoms with Gasteiger partial charge in [0.1, 0.15) is 17.1 Å². The average Bonchev–Trinajstić information content (AvgIpc) is 2.92. The maximum absolute atomic E-state index is 13.1. The van der Waals surface area contributed by atoms with Crippen molar-refractivity contribution in [1.29, 1.82) is 0 Å². The molecular weight excluding hydrogens is 462 g/mol. The largest absolute Gasteiger partial charge is 0.384 e. The normalized spacial score (nSPS) is 12.2. The van der Waals surface area contributed by atoms with Crippen molar-refractivity contribution >= 4 is 17.3 Å². The molecule has 0 saturated heterocycles. The first-order chi connectivity index (χ1) is 17.9. The fourth-order valence-corrected chi connectivity index (χ4v) is 4.15. The van der Waals surface area contributed by atoms with Crippen molar-refractivity contribution in [2.45, 2.75) is 26.9 Å². The summed E-state index contributed by atoms with van der Waals surface area (Å²) >= 11 is 0. The van der Waals surface area contributed by atoms with Crippen LogP contribution in [-0.4, -0.2) is 27.0 Å². The molecule has 8 heteroatoms. The lowest BCUT2D eigenvalue weighted by atomic mass is 10.1. The Morgan fingerprint density at radius 2 is 1.73 bits per heavy atom. The third-order valence-corrected chi connectivity index (χ3v) is 5.97. The quantitative estimate of drug-likeness (QED) is 0.298. The standard InChI is InChI=1S/C29H33N7O/c1-20(2)19-36-26(30)25(28(31-3)35(4)29(36)37)27(34-23-10-6-5-7-11-23)33-18-21-13-15-22(16-14-21)24-12-8-9-17-32-24/h5-17,20H,18-19,30H2,1-4H3,(H,33,34). The van der Waals surface area contributed by atoms with E-state index in [4.69, 9.17) is 10.7 Å². The number of hydrogen-bond acceptors (Lipinski definition) is 5. The fourth-order valence-electron chi connectivity index (χ4n) is 4.15. The molecule has 0 aliphatic rings. The number of para-hydroxylation sites is 1. The number of anilines is 2. The number of benzene rings is 2. The molecule has 0 unspecified atom stereocenters. The number of hydrogen-bond donors (Lipinski definition) is 2. The Morgan fingerprint density at radius 1 is 1.03 bits per heavy atom. The Balaban J connectivity index is 1.79. The molecule has 4 rings (SSSR count). The van der Waals surface area contributed by atoms with Crippen LogP contribution in [0.2, 0.25) is 0 Å². The zero-order valence-electron chi connectivity index (χ0n) is 21.7. The van der Waals surface area contributed by atoms with Crippen molar-refractivity contribution in [2.24, 2.45) is 23.0 Å². The third-order valence-electron chi connectivity index (χ3n) is 5.97. The number of pyridine rings is 1. The Bertz CT molecular complexity index is 1500. The summed E-state index contributed by atoms with van der Waals surface area (Å²) in [6.07, 6.45) is 1.79. The van der Waals surface area contributed by atoms with E-state index in [0.29, 0.717) is 35.8 Å². The number of nitrogens with zero attached hydrogens (tertiary/aromatic N) is 5. The number of nitrogens with two attached hydrogens (primary N) is 1. The molecule has 190 valence electrons. The summed E-state index contributed by atoms with van der Waals surface area (Å²) in [5, 5.41) is 3.42. The van der Waals surface area contributed by atoms with Gasteiger partial charge in [0.15, 0.2) is 0 Å². The maximum Gasteiger partial charge on any atom is 0.331 e. The minimum atomic E-state index is -0.209. The lowest BCUT2D eigenvalue weighted by Gasteiger charge is -2.20. The molecule has 0 fully saturated rings. The van der Waals surface area contributed by atoms with E-state index in [9.17, 15) is 4.79 Å². The van der Waals surface area contributed by atoms with E-state index in [1.807, 2.05) is 72.8 Å². The van der Waals surface area contributed by atoms with Crippen molar-refractivity contribution in [3.8, 4) is 11.3 Å². The minimum Gasteiger partial charge on any atom is -0.384 e. The lowest BCUT2D eigenvalue weighted by molar-refractivity contribution is 0.491. The summed E-state index contributed by atoms with van der Waals surface area (Å²) in [5.41, 5.74) is 11.4. The summed E-state index contributed by atoms with van der Waals surface area (Å²) in [6.45, 7) is 5.00. The van der Waals surface area contributed by atoms with Crippen molar-refractivity contribution in [3.05, 3.63) is 106 Å². The molecule has 37 heavy (non-hydrogen) atoms. The zero-order chi connectivity index (χ0) is 26.4. The zero-order valence-corrected chi connectivity index (χ0v) is 21.7. The van der Waals surface area contributed by atoms with E-state index < -0.39 is 0 Å². The Labute approximate surface area is 216 Å². The van der Waals surface area contributed by atoms with Crippen LogP contribution in [-0.2, 0) is 20.1 Å². The Morgan fingerprint density at radius 3 is 2.35 bits per heavy atom. The van der Waals surface area contributed by atoms with Gasteiger partial charge in [0.2, 0.25) is 0 Å². The van der Waals surface area contributed by atoms with Gasteiger partial charge in [-0.2, -0.15) is 0 Å². The van der Waals surface area contributed by atoms with E-state index in [0.717, 1.165) is 22.5 Å². The molecule has 0 bridgehead atoms. The summed E-state index contributed by atoms with van der Waals surface area (Å²) in [5.74, 6) is 1.12.